The predicted octanol–water partition coefficient (Wildman–Crippen LogP) is 4.17. The maximum atomic E-state index is 11.3. The second-order valence-corrected chi connectivity index (χ2v) is 5.66. The maximum absolute atomic E-state index is 11.3. The summed E-state index contributed by atoms with van der Waals surface area (Å²) in [5.41, 5.74) is 3.41. The fourth-order valence-electron chi connectivity index (χ4n) is 2.25. The largest absolute Gasteiger partial charge is 0.298 e. The normalized spacial score (nSPS) is 10.5. The molecule has 0 N–H and O–H groups in total. The Balaban J connectivity index is 1.95. The lowest BCUT2D eigenvalue weighted by atomic mass is 10.1. The van der Waals surface area contributed by atoms with Crippen molar-refractivity contribution in [3.8, 4) is 11.3 Å². The van der Waals surface area contributed by atoms with Crippen molar-refractivity contribution in [3.63, 3.8) is 0 Å². The topological polar surface area (TPSA) is 34.9 Å². The van der Waals surface area contributed by atoms with Crippen molar-refractivity contribution in [1.29, 1.82) is 0 Å². The number of halogens is 1. The maximum Gasteiger partial charge on any atom is 0.153 e. The zero-order valence-electron chi connectivity index (χ0n) is 11.2. The molecule has 104 valence electrons. The van der Waals surface area contributed by atoms with Crippen molar-refractivity contribution >= 4 is 22.2 Å². The second kappa shape index (κ2) is 6.06. The standard InChI is InChI=1S/C17H13BrN2O/c18-16-8-4-5-13(9-16)10-20-11-15(12-21)17(19-20)14-6-2-1-3-7-14/h1-9,11-12H,10H2. The van der Waals surface area contributed by atoms with E-state index in [1.807, 2.05) is 54.6 Å². The molecule has 0 atom stereocenters. The summed E-state index contributed by atoms with van der Waals surface area (Å²) in [6, 6.07) is 17.8. The predicted molar refractivity (Wildman–Crippen MR) is 86.3 cm³/mol. The Bertz CT molecular complexity index is 765. The number of nitrogens with zero attached hydrogens (tertiary/aromatic N) is 2. The molecule has 0 amide bonds. The van der Waals surface area contributed by atoms with Gasteiger partial charge in [-0.3, -0.25) is 9.48 Å². The number of rotatable bonds is 4. The Labute approximate surface area is 131 Å². The van der Waals surface area contributed by atoms with Crippen molar-refractivity contribution in [2.75, 3.05) is 0 Å². The SMILES string of the molecule is O=Cc1cn(Cc2cccc(Br)c2)nc1-c1ccccc1. The fraction of sp³-hybridized carbons (Fsp3) is 0.0588. The molecule has 0 aliphatic heterocycles. The number of hydrogen-bond donors (Lipinski definition) is 0. The van der Waals surface area contributed by atoms with Gasteiger partial charge in [-0.05, 0) is 17.7 Å². The Morgan fingerprint density at radius 3 is 2.62 bits per heavy atom. The van der Waals surface area contributed by atoms with Crippen LogP contribution in [0.1, 0.15) is 15.9 Å². The molecule has 1 aromatic heterocycles. The number of aromatic nitrogens is 2. The summed E-state index contributed by atoms with van der Waals surface area (Å²) in [7, 11) is 0. The van der Waals surface area contributed by atoms with E-state index in [2.05, 4.69) is 21.0 Å². The summed E-state index contributed by atoms with van der Waals surface area (Å²) in [5, 5.41) is 4.55. The number of hydrogen-bond acceptors (Lipinski definition) is 2. The smallest absolute Gasteiger partial charge is 0.153 e. The monoisotopic (exact) mass is 340 g/mol. The molecule has 0 fully saturated rings. The van der Waals surface area contributed by atoms with Crippen LogP contribution in [0.5, 0.6) is 0 Å². The van der Waals surface area contributed by atoms with Gasteiger partial charge >= 0.3 is 0 Å². The molecule has 21 heavy (non-hydrogen) atoms. The van der Waals surface area contributed by atoms with Crippen LogP contribution in [0.15, 0.2) is 65.3 Å². The zero-order valence-corrected chi connectivity index (χ0v) is 12.8. The third-order valence-corrected chi connectivity index (χ3v) is 3.69. The van der Waals surface area contributed by atoms with Gasteiger partial charge in [0.15, 0.2) is 6.29 Å². The number of benzene rings is 2. The van der Waals surface area contributed by atoms with Crippen molar-refractivity contribution in [1.82, 2.24) is 9.78 Å². The molecule has 0 unspecified atom stereocenters. The van der Waals surface area contributed by atoms with E-state index in [1.54, 1.807) is 10.9 Å². The summed E-state index contributed by atoms with van der Waals surface area (Å²) in [6.07, 6.45) is 2.64. The summed E-state index contributed by atoms with van der Waals surface area (Å²) in [4.78, 5) is 11.3. The minimum Gasteiger partial charge on any atom is -0.298 e. The molecule has 3 rings (SSSR count). The molecule has 0 aliphatic carbocycles. The number of carbonyl (C=O) groups is 1. The van der Waals surface area contributed by atoms with Crippen molar-refractivity contribution in [2.24, 2.45) is 0 Å². The first kappa shape index (κ1) is 13.8. The van der Waals surface area contributed by atoms with Crippen LogP contribution in [0.2, 0.25) is 0 Å². The van der Waals surface area contributed by atoms with Crippen molar-refractivity contribution in [3.05, 3.63) is 76.4 Å². The van der Waals surface area contributed by atoms with E-state index >= 15 is 0 Å². The van der Waals surface area contributed by atoms with Crippen LogP contribution in [-0.4, -0.2) is 16.1 Å². The van der Waals surface area contributed by atoms with E-state index < -0.39 is 0 Å². The van der Waals surface area contributed by atoms with Gasteiger partial charge in [-0.1, -0.05) is 58.4 Å². The van der Waals surface area contributed by atoms with Crippen LogP contribution in [0.3, 0.4) is 0 Å². The average molecular weight is 341 g/mol. The first-order chi connectivity index (χ1) is 10.3. The fourth-order valence-corrected chi connectivity index (χ4v) is 2.69. The van der Waals surface area contributed by atoms with Gasteiger partial charge in [0, 0.05) is 16.2 Å². The summed E-state index contributed by atoms with van der Waals surface area (Å²) < 4.78 is 2.83. The molecule has 2 aromatic carbocycles. The lowest BCUT2D eigenvalue weighted by molar-refractivity contribution is 0.112. The molecule has 0 bridgehead atoms. The van der Waals surface area contributed by atoms with Crippen LogP contribution in [0.4, 0.5) is 0 Å². The minimum absolute atomic E-state index is 0.608. The van der Waals surface area contributed by atoms with Crippen LogP contribution >= 0.6 is 15.9 Å². The molecule has 0 spiro atoms. The molecular formula is C17H13BrN2O. The Morgan fingerprint density at radius 2 is 1.90 bits per heavy atom. The van der Waals surface area contributed by atoms with Gasteiger partial charge in [-0.25, -0.2) is 0 Å². The second-order valence-electron chi connectivity index (χ2n) is 4.74. The van der Waals surface area contributed by atoms with Crippen LogP contribution < -0.4 is 0 Å². The van der Waals surface area contributed by atoms with Crippen LogP contribution in [-0.2, 0) is 6.54 Å². The highest BCUT2D eigenvalue weighted by molar-refractivity contribution is 9.10. The lowest BCUT2D eigenvalue weighted by Gasteiger charge is -2.02. The average Bonchev–Trinajstić information content (AvgIpc) is 2.91. The van der Waals surface area contributed by atoms with E-state index in [1.165, 1.54) is 0 Å². The van der Waals surface area contributed by atoms with E-state index in [-0.39, 0.29) is 0 Å². The van der Waals surface area contributed by atoms with Gasteiger partial charge in [0.05, 0.1) is 12.1 Å². The van der Waals surface area contributed by atoms with Gasteiger partial charge < -0.3 is 0 Å². The minimum atomic E-state index is 0.608. The van der Waals surface area contributed by atoms with Crippen LogP contribution in [0, 0.1) is 0 Å². The highest BCUT2D eigenvalue weighted by Gasteiger charge is 2.10. The number of carbonyl (C=O) groups excluding carboxylic acids is 1. The molecule has 3 aromatic rings. The molecule has 1 heterocycles. The van der Waals surface area contributed by atoms with Gasteiger partial charge in [-0.15, -0.1) is 0 Å². The third kappa shape index (κ3) is 3.11. The quantitative estimate of drug-likeness (QED) is 0.668. The lowest BCUT2D eigenvalue weighted by Crippen LogP contribution is -2.00. The van der Waals surface area contributed by atoms with E-state index in [0.29, 0.717) is 12.1 Å². The molecule has 0 aliphatic rings. The summed E-state index contributed by atoms with van der Waals surface area (Å²) in [5.74, 6) is 0. The highest BCUT2D eigenvalue weighted by atomic mass is 79.9. The van der Waals surface area contributed by atoms with Gasteiger partial charge in [0.25, 0.3) is 0 Å². The Kier molecular flexibility index (Phi) is 3.97. The van der Waals surface area contributed by atoms with Crippen molar-refractivity contribution in [2.45, 2.75) is 6.54 Å². The first-order valence-corrected chi connectivity index (χ1v) is 7.38. The Morgan fingerprint density at radius 1 is 1.10 bits per heavy atom. The van der Waals surface area contributed by atoms with Crippen molar-refractivity contribution < 1.29 is 4.79 Å². The molecule has 3 nitrogen and oxygen atoms in total. The molecule has 0 saturated heterocycles. The van der Waals surface area contributed by atoms with Crippen LogP contribution in [0.25, 0.3) is 11.3 Å². The van der Waals surface area contributed by atoms with E-state index in [4.69, 9.17) is 0 Å². The van der Waals surface area contributed by atoms with E-state index in [9.17, 15) is 4.79 Å². The summed E-state index contributed by atoms with van der Waals surface area (Å²) >= 11 is 3.46. The first-order valence-electron chi connectivity index (χ1n) is 6.59. The summed E-state index contributed by atoms with van der Waals surface area (Å²) in [6.45, 7) is 0.632. The molecule has 4 heteroatoms. The zero-order chi connectivity index (χ0) is 14.7. The molecule has 0 saturated carbocycles. The highest BCUT2D eigenvalue weighted by Crippen LogP contribution is 2.21. The molecule has 0 radical (unpaired) electrons. The van der Waals surface area contributed by atoms with Gasteiger partial charge in [0.2, 0.25) is 0 Å². The van der Waals surface area contributed by atoms with E-state index in [0.717, 1.165) is 27.6 Å². The molecular weight excluding hydrogens is 328 g/mol. The van der Waals surface area contributed by atoms with Gasteiger partial charge in [-0.2, -0.15) is 5.10 Å². The van der Waals surface area contributed by atoms with Gasteiger partial charge in [0.1, 0.15) is 5.69 Å². The Hall–Kier alpha value is -2.20. The number of aldehydes is 1. The third-order valence-electron chi connectivity index (χ3n) is 3.20.